The second-order valence-electron chi connectivity index (χ2n) is 2.23. The first kappa shape index (κ1) is 8.89. The van der Waals surface area contributed by atoms with Gasteiger partial charge in [-0.2, -0.15) is 0 Å². The van der Waals surface area contributed by atoms with Gasteiger partial charge in [0.2, 0.25) is 0 Å². The topological polar surface area (TPSA) is 75.5 Å². The summed E-state index contributed by atoms with van der Waals surface area (Å²) >= 11 is 0. The maximum atomic E-state index is 9.03. The van der Waals surface area contributed by atoms with Gasteiger partial charge in [0.15, 0.2) is 0 Å². The minimum atomic E-state index is -2.18. The van der Waals surface area contributed by atoms with Gasteiger partial charge in [0.25, 0.3) is 0 Å². The van der Waals surface area contributed by atoms with Crippen LogP contribution < -0.4 is 4.74 Å². The molecule has 0 atom stereocenters. The molecule has 1 heterocycles. The van der Waals surface area contributed by atoms with E-state index in [0.717, 1.165) is 0 Å². The van der Waals surface area contributed by atoms with Gasteiger partial charge in [-0.05, 0) is 6.07 Å². The van der Waals surface area contributed by atoms with E-state index in [1.165, 1.54) is 12.4 Å². The van der Waals surface area contributed by atoms with Crippen molar-refractivity contribution in [3.05, 3.63) is 18.5 Å². The lowest BCUT2D eigenvalue weighted by Crippen LogP contribution is -2.34. The second kappa shape index (κ2) is 3.46. The summed E-state index contributed by atoms with van der Waals surface area (Å²) in [5.41, 5.74) is 0. The van der Waals surface area contributed by atoms with Crippen LogP contribution in [0.2, 0.25) is 0 Å². The normalized spacial score (nSPS) is 11.2. The third-order valence-electron chi connectivity index (χ3n) is 1.26. The first-order chi connectivity index (χ1) is 5.64. The van der Waals surface area contributed by atoms with Gasteiger partial charge in [-0.1, -0.05) is 6.92 Å². The molecule has 5 heteroatoms. The van der Waals surface area contributed by atoms with E-state index in [9.17, 15) is 0 Å². The summed E-state index contributed by atoms with van der Waals surface area (Å²) in [6.45, 7) is 1.57. The van der Waals surface area contributed by atoms with Gasteiger partial charge >= 0.3 is 12.0 Å². The lowest BCUT2D eigenvalue weighted by atomic mass is 10.4. The Labute approximate surface area is 69.7 Å². The standard InChI is InChI=1S/C7H10N2O3/c1-2-7(10,11)12-6-8-4-3-5-9-6/h3-5,10-11H,2H2,1H3. The maximum Gasteiger partial charge on any atom is 0.324 e. The van der Waals surface area contributed by atoms with E-state index >= 15 is 0 Å². The highest BCUT2D eigenvalue weighted by atomic mass is 16.8. The molecule has 66 valence electrons. The molecule has 2 N–H and O–H groups in total. The Hall–Kier alpha value is -1.20. The Bertz CT molecular complexity index is 238. The summed E-state index contributed by atoms with van der Waals surface area (Å²) in [5, 5.41) is 18.1. The monoisotopic (exact) mass is 170 g/mol. The Balaban J connectivity index is 2.64. The van der Waals surface area contributed by atoms with Crippen LogP contribution in [0.5, 0.6) is 6.01 Å². The summed E-state index contributed by atoms with van der Waals surface area (Å²) in [6.07, 6.45) is 2.95. The number of hydrogen-bond donors (Lipinski definition) is 2. The molecule has 0 unspecified atom stereocenters. The number of aromatic nitrogens is 2. The van der Waals surface area contributed by atoms with Crippen LogP contribution in [0.25, 0.3) is 0 Å². The average molecular weight is 170 g/mol. The number of nitrogens with zero attached hydrogens (tertiary/aromatic N) is 2. The molecule has 1 rings (SSSR count). The minimum absolute atomic E-state index is 0.0469. The van der Waals surface area contributed by atoms with E-state index in [2.05, 4.69) is 14.7 Å². The summed E-state index contributed by atoms with van der Waals surface area (Å²) in [5.74, 6) is -2.18. The van der Waals surface area contributed by atoms with Crippen LogP contribution in [0.1, 0.15) is 13.3 Å². The van der Waals surface area contributed by atoms with Crippen molar-refractivity contribution in [2.75, 3.05) is 0 Å². The third kappa shape index (κ3) is 2.44. The molecule has 12 heavy (non-hydrogen) atoms. The molecule has 1 aromatic rings. The summed E-state index contributed by atoms with van der Waals surface area (Å²) in [7, 11) is 0. The van der Waals surface area contributed by atoms with Crippen molar-refractivity contribution >= 4 is 0 Å². The van der Waals surface area contributed by atoms with Crippen LogP contribution in [-0.2, 0) is 0 Å². The van der Waals surface area contributed by atoms with Crippen molar-refractivity contribution < 1.29 is 14.9 Å². The second-order valence-corrected chi connectivity index (χ2v) is 2.23. The van der Waals surface area contributed by atoms with Crippen molar-refractivity contribution in [1.82, 2.24) is 9.97 Å². The quantitative estimate of drug-likeness (QED) is 0.620. The van der Waals surface area contributed by atoms with Crippen molar-refractivity contribution in [3.8, 4) is 6.01 Å². The fourth-order valence-corrected chi connectivity index (χ4v) is 0.556. The smallest absolute Gasteiger partial charge is 0.324 e. The third-order valence-corrected chi connectivity index (χ3v) is 1.26. The largest absolute Gasteiger partial charge is 0.406 e. The number of ether oxygens (including phenoxy) is 1. The summed E-state index contributed by atoms with van der Waals surface area (Å²) in [4.78, 5) is 7.32. The number of hydrogen-bond acceptors (Lipinski definition) is 5. The van der Waals surface area contributed by atoms with E-state index in [1.807, 2.05) is 0 Å². The summed E-state index contributed by atoms with van der Waals surface area (Å²) < 4.78 is 4.64. The van der Waals surface area contributed by atoms with Gasteiger partial charge in [0, 0.05) is 18.8 Å². The summed E-state index contributed by atoms with van der Waals surface area (Å²) in [6, 6.07) is 1.55. The van der Waals surface area contributed by atoms with Crippen molar-refractivity contribution in [3.63, 3.8) is 0 Å². The molecule has 0 saturated carbocycles. The molecule has 0 aliphatic carbocycles. The van der Waals surface area contributed by atoms with E-state index < -0.39 is 5.97 Å². The van der Waals surface area contributed by atoms with Crippen LogP contribution in [0.3, 0.4) is 0 Å². The predicted octanol–water partition coefficient (Wildman–Crippen LogP) is -0.0962. The number of rotatable bonds is 3. The molecule has 1 aromatic heterocycles. The van der Waals surface area contributed by atoms with Gasteiger partial charge in [-0.25, -0.2) is 9.97 Å². The first-order valence-corrected chi connectivity index (χ1v) is 3.55. The lowest BCUT2D eigenvalue weighted by Gasteiger charge is -2.18. The zero-order chi connectivity index (χ0) is 9.03. The maximum absolute atomic E-state index is 9.03. The van der Waals surface area contributed by atoms with Crippen molar-refractivity contribution in [2.45, 2.75) is 19.3 Å². The van der Waals surface area contributed by atoms with E-state index in [0.29, 0.717) is 0 Å². The zero-order valence-corrected chi connectivity index (χ0v) is 6.64. The zero-order valence-electron chi connectivity index (χ0n) is 6.64. The van der Waals surface area contributed by atoms with Gasteiger partial charge in [-0.15, -0.1) is 0 Å². The van der Waals surface area contributed by atoms with Gasteiger partial charge in [0.05, 0.1) is 0 Å². The van der Waals surface area contributed by atoms with E-state index in [4.69, 9.17) is 10.2 Å². The van der Waals surface area contributed by atoms with E-state index in [1.54, 1.807) is 13.0 Å². The average Bonchev–Trinajstić information content (AvgIpc) is 2.06. The first-order valence-electron chi connectivity index (χ1n) is 3.55. The predicted molar refractivity (Wildman–Crippen MR) is 40.1 cm³/mol. The molecule has 0 amide bonds. The fourth-order valence-electron chi connectivity index (χ4n) is 0.556. The fraction of sp³-hybridized carbons (Fsp3) is 0.429. The van der Waals surface area contributed by atoms with Gasteiger partial charge in [0.1, 0.15) is 0 Å². The van der Waals surface area contributed by atoms with Crippen LogP contribution in [-0.4, -0.2) is 26.2 Å². The Morgan fingerprint density at radius 3 is 2.50 bits per heavy atom. The Morgan fingerprint density at radius 2 is 2.00 bits per heavy atom. The molecule has 0 fully saturated rings. The Kier molecular flexibility index (Phi) is 2.57. The number of aliphatic hydroxyl groups is 2. The highest BCUT2D eigenvalue weighted by Crippen LogP contribution is 2.10. The molecule has 0 aliphatic heterocycles. The van der Waals surface area contributed by atoms with Crippen LogP contribution in [0.15, 0.2) is 18.5 Å². The molecular formula is C7H10N2O3. The Morgan fingerprint density at radius 1 is 1.42 bits per heavy atom. The van der Waals surface area contributed by atoms with Crippen molar-refractivity contribution in [2.24, 2.45) is 0 Å². The lowest BCUT2D eigenvalue weighted by molar-refractivity contribution is -0.295. The molecule has 0 aliphatic rings. The van der Waals surface area contributed by atoms with Gasteiger partial charge in [-0.3, -0.25) is 0 Å². The van der Waals surface area contributed by atoms with Crippen LogP contribution >= 0.6 is 0 Å². The molecule has 0 radical (unpaired) electrons. The molecule has 0 aromatic carbocycles. The SMILES string of the molecule is CCC(O)(O)Oc1ncccn1. The molecule has 0 saturated heterocycles. The molecule has 5 nitrogen and oxygen atoms in total. The highest BCUT2D eigenvalue weighted by molar-refractivity contribution is 4.93. The highest BCUT2D eigenvalue weighted by Gasteiger charge is 2.23. The van der Waals surface area contributed by atoms with Crippen molar-refractivity contribution in [1.29, 1.82) is 0 Å². The van der Waals surface area contributed by atoms with E-state index in [-0.39, 0.29) is 12.4 Å². The molecule has 0 spiro atoms. The molecular weight excluding hydrogens is 160 g/mol. The molecule has 0 bridgehead atoms. The van der Waals surface area contributed by atoms with Crippen LogP contribution in [0.4, 0.5) is 0 Å². The minimum Gasteiger partial charge on any atom is -0.406 e. The van der Waals surface area contributed by atoms with Crippen LogP contribution in [0, 0.1) is 0 Å². The van der Waals surface area contributed by atoms with Gasteiger partial charge < -0.3 is 14.9 Å².